The van der Waals surface area contributed by atoms with Crippen LogP contribution >= 0.6 is 22.7 Å². The number of hydrogen-bond acceptors (Lipinski definition) is 5. The normalized spacial score (nSPS) is 12.0. The maximum Gasteiger partial charge on any atom is 0.165 e. The van der Waals surface area contributed by atoms with Crippen LogP contribution in [0.1, 0.15) is 0 Å². The van der Waals surface area contributed by atoms with Crippen molar-refractivity contribution in [1.29, 1.82) is 0 Å². The standard InChI is InChI=1S/C49H28N4S2/c1-2-12-30-27-32(25-23-29(30)11-1)53-40-19-6-3-15-36(40)45-37(17-10-20-41(45)53)48-50-47(31-24-26-44-39(28-31)34-14-5-7-21-42(34)54-44)51-49(52-48)38-18-9-16-35-33-13-4-8-22-43(33)55-46(35)38/h1-28H. The lowest BCUT2D eigenvalue weighted by Crippen LogP contribution is -2.01. The Labute approximate surface area is 323 Å². The molecule has 55 heavy (non-hydrogen) atoms. The Morgan fingerprint density at radius 1 is 0.382 bits per heavy atom. The first kappa shape index (κ1) is 30.7. The number of benzene rings is 8. The molecule has 0 saturated carbocycles. The van der Waals surface area contributed by atoms with Gasteiger partial charge in [0, 0.05) is 73.5 Å². The number of para-hydroxylation sites is 1. The summed E-state index contributed by atoms with van der Waals surface area (Å²) in [5.41, 5.74) is 6.32. The van der Waals surface area contributed by atoms with Gasteiger partial charge in [0.1, 0.15) is 0 Å². The maximum absolute atomic E-state index is 5.38. The molecule has 8 aromatic carbocycles. The van der Waals surface area contributed by atoms with Crippen molar-refractivity contribution in [2.75, 3.05) is 0 Å². The van der Waals surface area contributed by atoms with Gasteiger partial charge < -0.3 is 4.57 Å². The van der Waals surface area contributed by atoms with Crippen LogP contribution in [0.15, 0.2) is 170 Å². The van der Waals surface area contributed by atoms with Crippen LogP contribution in [-0.2, 0) is 0 Å². The van der Waals surface area contributed by atoms with Gasteiger partial charge in [-0.3, -0.25) is 0 Å². The zero-order valence-corrected chi connectivity index (χ0v) is 30.9. The van der Waals surface area contributed by atoms with Crippen LogP contribution in [0.25, 0.3) is 113 Å². The molecular weight excluding hydrogens is 709 g/mol. The minimum Gasteiger partial charge on any atom is -0.309 e. The average Bonchev–Trinajstić information content (AvgIpc) is 3.93. The Kier molecular flexibility index (Phi) is 6.64. The summed E-state index contributed by atoms with van der Waals surface area (Å²) in [5, 5.41) is 9.64. The molecule has 0 bridgehead atoms. The minimum absolute atomic E-state index is 0.653. The molecular formula is C49H28N4S2. The third-order valence-corrected chi connectivity index (χ3v) is 13.2. The molecule has 0 aliphatic carbocycles. The maximum atomic E-state index is 5.38. The third-order valence-electron chi connectivity index (χ3n) is 10.8. The first-order valence-electron chi connectivity index (χ1n) is 18.4. The van der Waals surface area contributed by atoms with E-state index in [-0.39, 0.29) is 0 Å². The molecule has 0 unspecified atom stereocenters. The van der Waals surface area contributed by atoms with E-state index in [1.54, 1.807) is 11.3 Å². The van der Waals surface area contributed by atoms with E-state index in [1.807, 2.05) is 11.3 Å². The van der Waals surface area contributed by atoms with Gasteiger partial charge in [-0.1, -0.05) is 109 Å². The molecule has 256 valence electrons. The van der Waals surface area contributed by atoms with Crippen molar-refractivity contribution >= 4 is 95.6 Å². The second-order valence-electron chi connectivity index (χ2n) is 14.0. The summed E-state index contributed by atoms with van der Waals surface area (Å²) in [7, 11) is 0. The van der Waals surface area contributed by atoms with E-state index in [1.165, 1.54) is 51.1 Å². The highest BCUT2D eigenvalue weighted by Gasteiger charge is 2.21. The van der Waals surface area contributed by atoms with E-state index in [0.29, 0.717) is 17.5 Å². The van der Waals surface area contributed by atoms with Crippen molar-refractivity contribution in [3.05, 3.63) is 170 Å². The van der Waals surface area contributed by atoms with Gasteiger partial charge in [-0.2, -0.15) is 0 Å². The minimum atomic E-state index is 0.653. The van der Waals surface area contributed by atoms with Crippen LogP contribution in [0.3, 0.4) is 0 Å². The molecule has 0 aliphatic heterocycles. The van der Waals surface area contributed by atoms with Gasteiger partial charge in [-0.25, -0.2) is 15.0 Å². The molecule has 4 heterocycles. The van der Waals surface area contributed by atoms with Crippen molar-refractivity contribution in [3.63, 3.8) is 0 Å². The van der Waals surface area contributed by atoms with E-state index in [9.17, 15) is 0 Å². The highest BCUT2D eigenvalue weighted by molar-refractivity contribution is 7.26. The lowest BCUT2D eigenvalue weighted by molar-refractivity contribution is 1.08. The van der Waals surface area contributed by atoms with Gasteiger partial charge in [0.05, 0.1) is 11.0 Å². The van der Waals surface area contributed by atoms with E-state index in [0.717, 1.165) is 44.2 Å². The summed E-state index contributed by atoms with van der Waals surface area (Å²) in [4.78, 5) is 16.0. The molecule has 0 atom stereocenters. The fraction of sp³-hybridized carbons (Fsp3) is 0. The zero-order valence-electron chi connectivity index (χ0n) is 29.3. The van der Waals surface area contributed by atoms with Crippen molar-refractivity contribution in [1.82, 2.24) is 19.5 Å². The Balaban J connectivity index is 1.14. The van der Waals surface area contributed by atoms with Crippen molar-refractivity contribution in [2.24, 2.45) is 0 Å². The van der Waals surface area contributed by atoms with Crippen LogP contribution in [0.2, 0.25) is 0 Å². The molecule has 0 fully saturated rings. The first-order valence-corrected chi connectivity index (χ1v) is 20.0. The van der Waals surface area contributed by atoms with E-state index in [2.05, 4.69) is 174 Å². The summed E-state index contributed by atoms with van der Waals surface area (Å²) in [6, 6.07) is 60.8. The van der Waals surface area contributed by atoms with E-state index < -0.39 is 0 Å². The number of fused-ring (bicyclic) bond motifs is 10. The molecule has 0 amide bonds. The molecule has 4 aromatic heterocycles. The average molecular weight is 737 g/mol. The Hall–Kier alpha value is -6.73. The SMILES string of the molecule is c1ccc2cc(-n3c4ccccc4c4c(-c5nc(-c6ccc7sc8ccccc8c7c6)nc(-c6cccc7c6sc6ccccc67)n5)cccc43)ccc2c1. The molecule has 12 aromatic rings. The molecule has 0 saturated heterocycles. The Morgan fingerprint density at radius 3 is 1.87 bits per heavy atom. The van der Waals surface area contributed by atoms with Gasteiger partial charge in [0.15, 0.2) is 17.5 Å². The van der Waals surface area contributed by atoms with E-state index >= 15 is 0 Å². The third kappa shape index (κ3) is 4.72. The van der Waals surface area contributed by atoms with Crippen molar-refractivity contribution in [3.8, 4) is 39.9 Å². The lowest BCUT2D eigenvalue weighted by Gasteiger charge is -2.11. The largest absolute Gasteiger partial charge is 0.309 e. The molecule has 0 radical (unpaired) electrons. The summed E-state index contributed by atoms with van der Waals surface area (Å²) in [6.45, 7) is 0. The second-order valence-corrected chi connectivity index (χ2v) is 16.1. The second kappa shape index (κ2) is 11.9. The van der Waals surface area contributed by atoms with Gasteiger partial charge in [0.2, 0.25) is 0 Å². The van der Waals surface area contributed by atoms with Gasteiger partial charge in [0.25, 0.3) is 0 Å². The van der Waals surface area contributed by atoms with Crippen LogP contribution < -0.4 is 0 Å². The lowest BCUT2D eigenvalue weighted by atomic mass is 10.0. The monoisotopic (exact) mass is 736 g/mol. The Bertz CT molecular complexity index is 3520. The molecule has 4 nitrogen and oxygen atoms in total. The number of rotatable bonds is 4. The summed E-state index contributed by atoms with van der Waals surface area (Å²) < 4.78 is 7.33. The number of nitrogens with zero attached hydrogens (tertiary/aromatic N) is 4. The zero-order chi connectivity index (χ0) is 36.0. The fourth-order valence-corrected chi connectivity index (χ4v) is 10.6. The molecule has 12 rings (SSSR count). The van der Waals surface area contributed by atoms with Gasteiger partial charge in [-0.05, 0) is 71.4 Å². The Morgan fingerprint density at radius 2 is 1.00 bits per heavy atom. The number of aromatic nitrogens is 4. The van der Waals surface area contributed by atoms with Crippen LogP contribution in [0, 0.1) is 0 Å². The fourth-order valence-electron chi connectivity index (χ4n) is 8.33. The summed E-state index contributed by atoms with van der Waals surface area (Å²) in [5.74, 6) is 1.98. The van der Waals surface area contributed by atoms with Crippen molar-refractivity contribution < 1.29 is 0 Å². The quantitative estimate of drug-likeness (QED) is 0.181. The van der Waals surface area contributed by atoms with Crippen LogP contribution in [0.5, 0.6) is 0 Å². The number of thiophene rings is 2. The van der Waals surface area contributed by atoms with Crippen LogP contribution in [-0.4, -0.2) is 19.5 Å². The van der Waals surface area contributed by atoms with Gasteiger partial charge >= 0.3 is 0 Å². The highest BCUT2D eigenvalue weighted by Crippen LogP contribution is 2.42. The van der Waals surface area contributed by atoms with Crippen LogP contribution in [0.4, 0.5) is 0 Å². The molecule has 0 N–H and O–H groups in total. The smallest absolute Gasteiger partial charge is 0.165 e. The highest BCUT2D eigenvalue weighted by atomic mass is 32.1. The topological polar surface area (TPSA) is 43.6 Å². The predicted octanol–water partition coefficient (Wildman–Crippen LogP) is 13.9. The molecule has 6 heteroatoms. The summed E-state index contributed by atoms with van der Waals surface area (Å²) in [6.07, 6.45) is 0. The summed E-state index contributed by atoms with van der Waals surface area (Å²) >= 11 is 3.61. The molecule has 0 spiro atoms. The predicted molar refractivity (Wildman–Crippen MR) is 234 cm³/mol. The molecule has 0 aliphatic rings. The first-order chi connectivity index (χ1) is 27.2. The van der Waals surface area contributed by atoms with Gasteiger partial charge in [-0.15, -0.1) is 22.7 Å². The number of hydrogen-bond donors (Lipinski definition) is 0. The van der Waals surface area contributed by atoms with E-state index in [4.69, 9.17) is 15.0 Å². The van der Waals surface area contributed by atoms with Crippen molar-refractivity contribution in [2.45, 2.75) is 0 Å².